The summed E-state index contributed by atoms with van der Waals surface area (Å²) >= 11 is 4.18. The van der Waals surface area contributed by atoms with Crippen LogP contribution in [0.1, 0.15) is 19.4 Å². The topological polar surface area (TPSA) is 29.5 Å². The lowest BCUT2D eigenvalue weighted by Crippen LogP contribution is -2.25. The van der Waals surface area contributed by atoms with Crippen LogP contribution < -0.4 is 4.74 Å². The molecule has 0 amide bonds. The Morgan fingerprint density at radius 2 is 1.87 bits per heavy atom. The van der Waals surface area contributed by atoms with Crippen molar-refractivity contribution in [2.24, 2.45) is 5.41 Å². The van der Waals surface area contributed by atoms with Crippen molar-refractivity contribution in [3.8, 4) is 5.75 Å². The lowest BCUT2D eigenvalue weighted by Gasteiger charge is -2.21. The molecule has 0 atom stereocenters. The summed E-state index contributed by atoms with van der Waals surface area (Å²) in [5.41, 5.74) is 0.981. The van der Waals surface area contributed by atoms with Crippen LogP contribution in [0.25, 0.3) is 0 Å². The molecule has 0 bridgehead atoms. The molecule has 0 aromatic heterocycles. The Morgan fingerprint density at radius 1 is 1.27 bits per heavy atom. The minimum Gasteiger partial charge on any atom is -0.493 e. The van der Waals surface area contributed by atoms with Crippen LogP contribution in [-0.2, 0) is 5.75 Å². The maximum Gasteiger partial charge on any atom is 0.119 e. The molecule has 0 aliphatic carbocycles. The van der Waals surface area contributed by atoms with Gasteiger partial charge in [-0.1, -0.05) is 26.0 Å². The summed E-state index contributed by atoms with van der Waals surface area (Å²) < 4.78 is 5.58. The molecule has 0 saturated heterocycles. The first-order chi connectivity index (χ1) is 7.07. The zero-order valence-corrected chi connectivity index (χ0v) is 10.1. The van der Waals surface area contributed by atoms with Gasteiger partial charge in [0, 0.05) is 11.2 Å². The zero-order valence-electron chi connectivity index (χ0n) is 9.23. The molecule has 1 aromatic carbocycles. The minimum atomic E-state index is -0.192. The van der Waals surface area contributed by atoms with E-state index < -0.39 is 0 Å². The van der Waals surface area contributed by atoms with Gasteiger partial charge in [0.25, 0.3) is 0 Å². The Balaban J connectivity index is 2.51. The van der Waals surface area contributed by atoms with Crippen molar-refractivity contribution in [2.75, 3.05) is 13.2 Å². The zero-order chi connectivity index (χ0) is 11.3. The Kier molecular flexibility index (Phi) is 4.48. The number of rotatable bonds is 5. The van der Waals surface area contributed by atoms with E-state index in [9.17, 15) is 0 Å². The lowest BCUT2D eigenvalue weighted by molar-refractivity contribution is 0.0975. The van der Waals surface area contributed by atoms with E-state index in [-0.39, 0.29) is 12.0 Å². The molecule has 1 rings (SSSR count). The van der Waals surface area contributed by atoms with Gasteiger partial charge in [0.2, 0.25) is 0 Å². The van der Waals surface area contributed by atoms with Crippen molar-refractivity contribution >= 4 is 12.6 Å². The van der Waals surface area contributed by atoms with Crippen LogP contribution in [-0.4, -0.2) is 18.3 Å². The Morgan fingerprint density at radius 3 is 2.33 bits per heavy atom. The van der Waals surface area contributed by atoms with Crippen molar-refractivity contribution in [3.05, 3.63) is 29.8 Å². The van der Waals surface area contributed by atoms with E-state index >= 15 is 0 Å². The molecule has 0 saturated carbocycles. The first-order valence-corrected chi connectivity index (χ1v) is 5.64. The molecule has 0 fully saturated rings. The van der Waals surface area contributed by atoms with Crippen LogP contribution in [0.15, 0.2) is 24.3 Å². The average molecular weight is 226 g/mol. The fraction of sp³-hybridized carbons (Fsp3) is 0.500. The highest BCUT2D eigenvalue weighted by Crippen LogP contribution is 2.18. The number of aliphatic hydroxyl groups is 1. The Bertz CT molecular complexity index is 293. The minimum absolute atomic E-state index is 0.127. The van der Waals surface area contributed by atoms with Gasteiger partial charge < -0.3 is 9.84 Å². The highest BCUT2D eigenvalue weighted by atomic mass is 32.1. The fourth-order valence-corrected chi connectivity index (χ4v) is 1.23. The van der Waals surface area contributed by atoms with Gasteiger partial charge in [-0.2, -0.15) is 12.6 Å². The fourth-order valence-electron chi connectivity index (χ4n) is 1.02. The van der Waals surface area contributed by atoms with Crippen LogP contribution in [0.5, 0.6) is 5.75 Å². The van der Waals surface area contributed by atoms with E-state index in [1.54, 1.807) is 0 Å². The van der Waals surface area contributed by atoms with E-state index in [1.165, 1.54) is 5.56 Å². The van der Waals surface area contributed by atoms with Gasteiger partial charge in [-0.05, 0) is 17.7 Å². The molecule has 15 heavy (non-hydrogen) atoms. The number of aliphatic hydroxyl groups excluding tert-OH is 1. The molecule has 0 spiro atoms. The highest BCUT2D eigenvalue weighted by molar-refractivity contribution is 7.79. The second kappa shape index (κ2) is 5.42. The maximum absolute atomic E-state index is 9.06. The smallest absolute Gasteiger partial charge is 0.119 e. The Labute approximate surface area is 96.7 Å². The van der Waals surface area contributed by atoms with E-state index in [2.05, 4.69) is 12.6 Å². The quantitative estimate of drug-likeness (QED) is 0.755. The number of thiol groups is 1. The summed E-state index contributed by atoms with van der Waals surface area (Å²) in [4.78, 5) is 0. The van der Waals surface area contributed by atoms with Crippen LogP contribution in [0.2, 0.25) is 0 Å². The van der Waals surface area contributed by atoms with Crippen molar-refractivity contribution in [3.63, 3.8) is 0 Å². The first-order valence-electron chi connectivity index (χ1n) is 5.01. The predicted molar refractivity (Wildman–Crippen MR) is 65.5 cm³/mol. The second-order valence-corrected chi connectivity index (χ2v) is 4.73. The largest absolute Gasteiger partial charge is 0.493 e. The number of hydrogen-bond acceptors (Lipinski definition) is 3. The molecule has 1 aromatic rings. The molecular weight excluding hydrogens is 208 g/mol. The van der Waals surface area contributed by atoms with Crippen LogP contribution in [0, 0.1) is 5.41 Å². The first kappa shape index (κ1) is 12.4. The van der Waals surface area contributed by atoms with E-state index in [1.807, 2.05) is 38.1 Å². The molecule has 84 valence electrons. The van der Waals surface area contributed by atoms with Gasteiger partial charge in [0.05, 0.1) is 13.2 Å². The third-order valence-corrected chi connectivity index (χ3v) is 2.53. The summed E-state index contributed by atoms with van der Waals surface area (Å²) in [5, 5.41) is 9.06. The van der Waals surface area contributed by atoms with Gasteiger partial charge in [0.15, 0.2) is 0 Å². The monoisotopic (exact) mass is 226 g/mol. The van der Waals surface area contributed by atoms with Gasteiger partial charge in [-0.15, -0.1) is 0 Å². The summed E-state index contributed by atoms with van der Waals surface area (Å²) in [7, 11) is 0. The summed E-state index contributed by atoms with van der Waals surface area (Å²) in [6.07, 6.45) is 0. The molecule has 1 N–H and O–H groups in total. The van der Waals surface area contributed by atoms with Gasteiger partial charge >= 0.3 is 0 Å². The molecule has 0 radical (unpaired) electrons. The molecule has 2 nitrogen and oxygen atoms in total. The molecule has 0 unspecified atom stereocenters. The van der Waals surface area contributed by atoms with Crippen LogP contribution in [0.4, 0.5) is 0 Å². The maximum atomic E-state index is 9.06. The SMILES string of the molecule is CC(C)(CO)COc1ccc(CS)cc1. The number of benzene rings is 1. The lowest BCUT2D eigenvalue weighted by atomic mass is 9.96. The van der Waals surface area contributed by atoms with Gasteiger partial charge in [0.1, 0.15) is 5.75 Å². The van der Waals surface area contributed by atoms with E-state index in [0.717, 1.165) is 11.5 Å². The number of ether oxygens (including phenoxy) is 1. The molecule has 0 aliphatic heterocycles. The van der Waals surface area contributed by atoms with Gasteiger partial charge in [-0.25, -0.2) is 0 Å². The van der Waals surface area contributed by atoms with Crippen molar-refractivity contribution in [1.29, 1.82) is 0 Å². The van der Waals surface area contributed by atoms with Gasteiger partial charge in [-0.3, -0.25) is 0 Å². The third-order valence-electron chi connectivity index (χ3n) is 2.16. The summed E-state index contributed by atoms with van der Waals surface area (Å²) in [5.74, 6) is 1.57. The van der Waals surface area contributed by atoms with Crippen LogP contribution in [0.3, 0.4) is 0 Å². The molecular formula is C12H18O2S. The van der Waals surface area contributed by atoms with E-state index in [0.29, 0.717) is 6.61 Å². The summed E-state index contributed by atoms with van der Waals surface area (Å²) in [6.45, 7) is 4.58. The highest BCUT2D eigenvalue weighted by Gasteiger charge is 2.17. The standard InChI is InChI=1S/C12H18O2S/c1-12(2,8-13)9-14-11-5-3-10(7-15)4-6-11/h3-6,13,15H,7-9H2,1-2H3. The Hall–Kier alpha value is -0.670. The van der Waals surface area contributed by atoms with Crippen molar-refractivity contribution in [1.82, 2.24) is 0 Å². The predicted octanol–water partition coefficient (Wildman–Crippen LogP) is 2.51. The molecule has 0 heterocycles. The summed E-state index contributed by atoms with van der Waals surface area (Å²) in [6, 6.07) is 7.85. The van der Waals surface area contributed by atoms with E-state index in [4.69, 9.17) is 9.84 Å². The van der Waals surface area contributed by atoms with Crippen molar-refractivity contribution < 1.29 is 9.84 Å². The second-order valence-electron chi connectivity index (χ2n) is 4.41. The van der Waals surface area contributed by atoms with Crippen molar-refractivity contribution in [2.45, 2.75) is 19.6 Å². The van der Waals surface area contributed by atoms with Crippen LogP contribution >= 0.6 is 12.6 Å². The molecule has 0 aliphatic rings. The number of hydrogen-bond donors (Lipinski definition) is 2. The third kappa shape index (κ3) is 4.14. The molecule has 3 heteroatoms. The normalized spacial score (nSPS) is 11.5. The average Bonchev–Trinajstić information content (AvgIpc) is 2.27.